The summed E-state index contributed by atoms with van der Waals surface area (Å²) in [6.45, 7) is 0. The quantitative estimate of drug-likeness (QED) is 0.620. The highest BCUT2D eigenvalue weighted by Crippen LogP contribution is 2.32. The van der Waals surface area contributed by atoms with E-state index in [4.69, 9.17) is 14.2 Å². The van der Waals surface area contributed by atoms with Crippen molar-refractivity contribution in [3.8, 4) is 17.5 Å². The molecule has 0 N–H and O–H groups in total. The Hall–Kier alpha value is -3.07. The van der Waals surface area contributed by atoms with Crippen LogP contribution in [0.15, 0.2) is 48.6 Å². The monoisotopic (exact) mass is 432 g/mol. The number of ether oxygens (including phenoxy) is 3. The summed E-state index contributed by atoms with van der Waals surface area (Å²) in [5.41, 5.74) is 0.184. The van der Waals surface area contributed by atoms with Crippen LogP contribution >= 0.6 is 0 Å². The molecule has 30 heavy (non-hydrogen) atoms. The predicted octanol–water partition coefficient (Wildman–Crippen LogP) is 3.19. The number of hydrogen-bond acceptors (Lipinski definition) is 7. The molecule has 1 aromatic carbocycles. The summed E-state index contributed by atoms with van der Waals surface area (Å²) in [7, 11) is -1.21. The van der Waals surface area contributed by atoms with Crippen LogP contribution in [0.25, 0.3) is 0 Å². The normalized spacial score (nSPS) is 16.0. The van der Waals surface area contributed by atoms with Crippen LogP contribution in [0.5, 0.6) is 17.5 Å². The van der Waals surface area contributed by atoms with Crippen LogP contribution in [0.1, 0.15) is 29.6 Å². The van der Waals surface area contributed by atoms with Crippen LogP contribution in [0.2, 0.25) is 0 Å². The van der Waals surface area contributed by atoms with Crippen molar-refractivity contribution < 1.29 is 27.4 Å². The number of anilines is 1. The third kappa shape index (κ3) is 4.91. The zero-order chi connectivity index (χ0) is 21.7. The molecule has 2 aromatic rings. The Kier molecular flexibility index (Phi) is 6.61. The molecule has 0 spiro atoms. The molecular formula is C21H24N2O6S. The van der Waals surface area contributed by atoms with Crippen molar-refractivity contribution >= 4 is 21.6 Å². The van der Waals surface area contributed by atoms with E-state index in [9.17, 15) is 13.2 Å². The number of amides is 1. The largest absolute Gasteiger partial charge is 0.486 e. The van der Waals surface area contributed by atoms with Gasteiger partial charge in [-0.25, -0.2) is 8.42 Å². The van der Waals surface area contributed by atoms with Crippen LogP contribution < -0.4 is 18.5 Å². The molecule has 0 saturated carbocycles. The first-order chi connectivity index (χ1) is 14.3. The Labute approximate surface area is 176 Å². The highest BCUT2D eigenvalue weighted by atomic mass is 32.2. The Bertz CT molecular complexity index is 1030. The zero-order valence-corrected chi connectivity index (χ0v) is 17.9. The highest BCUT2D eigenvalue weighted by Gasteiger charge is 2.30. The van der Waals surface area contributed by atoms with Gasteiger partial charge in [0, 0.05) is 11.6 Å². The van der Waals surface area contributed by atoms with E-state index in [0.29, 0.717) is 10.1 Å². The number of allylic oxidation sites excluding steroid dienone is 1. The van der Waals surface area contributed by atoms with Gasteiger partial charge in [-0.15, -0.1) is 0 Å². The van der Waals surface area contributed by atoms with E-state index in [0.717, 1.165) is 25.5 Å². The van der Waals surface area contributed by atoms with E-state index in [2.05, 4.69) is 11.1 Å². The summed E-state index contributed by atoms with van der Waals surface area (Å²) in [5.74, 6) is 0.0662. The maximum atomic E-state index is 13.1. The van der Waals surface area contributed by atoms with Gasteiger partial charge in [0.05, 0.1) is 20.5 Å². The summed E-state index contributed by atoms with van der Waals surface area (Å²) in [6, 6.07) is 9.24. The molecule has 3 rings (SSSR count). The van der Waals surface area contributed by atoms with E-state index in [-0.39, 0.29) is 29.1 Å². The first-order valence-corrected chi connectivity index (χ1v) is 11.3. The average molecular weight is 432 g/mol. The van der Waals surface area contributed by atoms with Crippen molar-refractivity contribution in [3.63, 3.8) is 0 Å². The van der Waals surface area contributed by atoms with Crippen molar-refractivity contribution in [2.24, 2.45) is 0 Å². The van der Waals surface area contributed by atoms with Gasteiger partial charge in [-0.2, -0.15) is 9.29 Å². The molecule has 0 aliphatic heterocycles. The number of nitrogens with zero attached hydrogens (tertiary/aromatic N) is 2. The highest BCUT2D eigenvalue weighted by molar-refractivity contribution is 7.92. The summed E-state index contributed by atoms with van der Waals surface area (Å²) in [5, 5.41) is 0. The van der Waals surface area contributed by atoms with Gasteiger partial charge in [-0.3, -0.25) is 4.79 Å². The molecule has 0 saturated heterocycles. The smallest absolute Gasteiger partial charge is 0.272 e. The molecule has 1 amide bonds. The van der Waals surface area contributed by atoms with Crippen LogP contribution in [0.4, 0.5) is 5.69 Å². The summed E-state index contributed by atoms with van der Waals surface area (Å²) >= 11 is 0. The lowest BCUT2D eigenvalue weighted by Gasteiger charge is -2.22. The molecule has 1 unspecified atom stereocenters. The lowest BCUT2D eigenvalue weighted by Crippen LogP contribution is -2.36. The Morgan fingerprint density at radius 1 is 1.10 bits per heavy atom. The fraction of sp³-hybridized carbons (Fsp3) is 0.333. The average Bonchev–Trinajstić information content (AvgIpc) is 2.74. The summed E-state index contributed by atoms with van der Waals surface area (Å²) in [6.07, 6.45) is 8.12. The van der Waals surface area contributed by atoms with Gasteiger partial charge in [0.15, 0.2) is 0 Å². The third-order valence-corrected chi connectivity index (χ3v) is 5.58. The standard InChI is InChI=1S/C21H24N2O6S/c1-27-19-14-13-18(20(22-19)28-2)23(30(3,25)26)21(24)15-9-11-17(12-10-15)29-16-7-5-4-6-8-16/h5,7,9-14,16H,4,6,8H2,1-3H3. The van der Waals surface area contributed by atoms with Crippen molar-refractivity contribution in [1.82, 2.24) is 4.98 Å². The molecule has 1 aliphatic carbocycles. The van der Waals surface area contributed by atoms with E-state index >= 15 is 0 Å². The van der Waals surface area contributed by atoms with Gasteiger partial charge in [-0.1, -0.05) is 6.08 Å². The minimum Gasteiger partial charge on any atom is -0.486 e. The first kappa shape index (κ1) is 21.6. The number of carbonyl (C=O) groups excluding carboxylic acids is 1. The van der Waals surface area contributed by atoms with Crippen molar-refractivity contribution in [3.05, 3.63) is 54.1 Å². The maximum Gasteiger partial charge on any atom is 0.272 e. The van der Waals surface area contributed by atoms with Gasteiger partial charge in [0.1, 0.15) is 17.5 Å². The molecule has 8 nitrogen and oxygen atoms in total. The Morgan fingerprint density at radius 2 is 1.83 bits per heavy atom. The van der Waals surface area contributed by atoms with Crippen LogP contribution in [-0.2, 0) is 10.0 Å². The molecule has 160 valence electrons. The number of aromatic nitrogens is 1. The molecule has 1 heterocycles. The van der Waals surface area contributed by atoms with Crippen LogP contribution in [-0.4, -0.2) is 45.9 Å². The molecule has 0 radical (unpaired) electrons. The number of methoxy groups -OCH3 is 2. The van der Waals surface area contributed by atoms with Gasteiger partial charge in [0.25, 0.3) is 5.91 Å². The second-order valence-electron chi connectivity index (χ2n) is 6.75. The van der Waals surface area contributed by atoms with Crippen molar-refractivity contribution in [2.45, 2.75) is 25.4 Å². The minimum atomic E-state index is -3.97. The number of pyridine rings is 1. The summed E-state index contributed by atoms with van der Waals surface area (Å²) in [4.78, 5) is 17.2. The second-order valence-corrected chi connectivity index (χ2v) is 8.59. The molecule has 9 heteroatoms. The maximum absolute atomic E-state index is 13.1. The third-order valence-electron chi connectivity index (χ3n) is 4.55. The number of benzene rings is 1. The molecule has 1 atom stereocenters. The van der Waals surface area contributed by atoms with Crippen molar-refractivity contribution in [1.29, 1.82) is 0 Å². The van der Waals surface area contributed by atoms with Gasteiger partial charge >= 0.3 is 0 Å². The van der Waals surface area contributed by atoms with E-state index in [1.165, 1.54) is 38.5 Å². The van der Waals surface area contributed by atoms with Crippen LogP contribution in [0, 0.1) is 0 Å². The Balaban J connectivity index is 1.89. The topological polar surface area (TPSA) is 95.0 Å². The number of carbonyl (C=O) groups is 1. The minimum absolute atomic E-state index is 0.00142. The van der Waals surface area contributed by atoms with Gasteiger partial charge in [-0.05, 0) is 55.7 Å². The molecular weight excluding hydrogens is 408 g/mol. The molecule has 1 aromatic heterocycles. The fourth-order valence-corrected chi connectivity index (χ4v) is 4.02. The van der Waals surface area contributed by atoms with Gasteiger partial charge in [0.2, 0.25) is 21.8 Å². The summed E-state index contributed by atoms with van der Waals surface area (Å²) < 4.78 is 41.7. The SMILES string of the molecule is COc1ccc(N(C(=O)c2ccc(OC3C=CCCC3)cc2)S(C)(=O)=O)c(OC)n1. The predicted molar refractivity (Wildman–Crippen MR) is 113 cm³/mol. The van der Waals surface area contributed by atoms with Crippen LogP contribution in [0.3, 0.4) is 0 Å². The number of rotatable bonds is 7. The first-order valence-electron chi connectivity index (χ1n) is 9.40. The van der Waals surface area contributed by atoms with Gasteiger partial charge < -0.3 is 14.2 Å². The van der Waals surface area contributed by atoms with Crippen molar-refractivity contribution in [2.75, 3.05) is 24.8 Å². The molecule has 1 aliphatic rings. The Morgan fingerprint density at radius 3 is 2.40 bits per heavy atom. The van der Waals surface area contributed by atoms with E-state index < -0.39 is 15.9 Å². The lowest BCUT2D eigenvalue weighted by molar-refractivity contribution is 0.100. The molecule has 0 fully saturated rings. The lowest BCUT2D eigenvalue weighted by atomic mass is 10.1. The van der Waals surface area contributed by atoms with E-state index in [1.807, 2.05) is 6.08 Å². The number of hydrogen-bond donors (Lipinski definition) is 0. The second kappa shape index (κ2) is 9.17. The zero-order valence-electron chi connectivity index (χ0n) is 17.1. The van der Waals surface area contributed by atoms with E-state index in [1.54, 1.807) is 12.1 Å². The molecule has 0 bridgehead atoms. The fourth-order valence-electron chi connectivity index (χ4n) is 3.12. The number of sulfonamides is 1.